The average Bonchev–Trinajstić information content (AvgIpc) is 3.41. The van der Waals surface area contributed by atoms with Crippen LogP contribution in [0.25, 0.3) is 22.4 Å². The van der Waals surface area contributed by atoms with Crippen molar-refractivity contribution < 1.29 is 31.5 Å². The number of likely N-dealkylation sites (tertiary alicyclic amines) is 1. The third-order valence-electron chi connectivity index (χ3n) is 8.18. The lowest BCUT2D eigenvalue weighted by molar-refractivity contribution is -0.148. The quantitative estimate of drug-likeness (QED) is 0.151. The van der Waals surface area contributed by atoms with Crippen LogP contribution >= 0.6 is 0 Å². The number of carbonyl (C=O) groups is 1. The topological polar surface area (TPSA) is 110 Å². The molecule has 49 heavy (non-hydrogen) atoms. The van der Waals surface area contributed by atoms with Gasteiger partial charge < -0.3 is 15.4 Å². The molecular formula is C34H33F5N8O2. The number of benzene rings is 2. The Labute approximate surface area is 278 Å². The number of fused-ring (bicyclic) bond motifs is 1. The monoisotopic (exact) mass is 680 g/mol. The Kier molecular flexibility index (Phi) is 9.72. The van der Waals surface area contributed by atoms with Crippen molar-refractivity contribution in [2.45, 2.75) is 45.3 Å². The Morgan fingerprint density at radius 2 is 1.78 bits per heavy atom. The molecular weight excluding hydrogens is 647 g/mol. The number of nitrogens with one attached hydrogen (secondary N) is 2. The number of rotatable bonds is 10. The van der Waals surface area contributed by atoms with E-state index in [9.17, 15) is 18.0 Å². The van der Waals surface area contributed by atoms with Crippen molar-refractivity contribution in [1.29, 1.82) is 0 Å². The van der Waals surface area contributed by atoms with Crippen molar-refractivity contribution >= 4 is 34.1 Å². The molecule has 1 aliphatic heterocycles. The fourth-order valence-electron chi connectivity index (χ4n) is 6.00. The lowest BCUT2D eigenvalue weighted by Crippen LogP contribution is -2.39. The van der Waals surface area contributed by atoms with E-state index in [1.54, 1.807) is 43.5 Å². The van der Waals surface area contributed by atoms with Gasteiger partial charge in [0.05, 0.1) is 25.2 Å². The number of nitrogens with zero attached hydrogens (tertiary/aromatic N) is 6. The molecule has 2 N–H and O–H groups in total. The van der Waals surface area contributed by atoms with Crippen LogP contribution in [0.2, 0.25) is 0 Å². The molecule has 4 heterocycles. The van der Waals surface area contributed by atoms with Gasteiger partial charge in [-0.15, -0.1) is 0 Å². The second-order valence-electron chi connectivity index (χ2n) is 11.7. The molecule has 5 aromatic rings. The van der Waals surface area contributed by atoms with Crippen LogP contribution in [-0.2, 0) is 11.3 Å². The zero-order valence-corrected chi connectivity index (χ0v) is 26.7. The SMILES string of the molecule is CCOc1cc(F)c(Cn2nc(-c3ncc(C4CCN(CC(F)(F)F)CC4)c(Nc4ccnc(NC(C)=O)c4)n3)c3ccccc32)c(F)c1. The molecule has 0 spiro atoms. The van der Waals surface area contributed by atoms with Crippen LogP contribution in [0.3, 0.4) is 0 Å². The Balaban J connectivity index is 1.37. The van der Waals surface area contributed by atoms with Crippen molar-refractivity contribution in [1.82, 2.24) is 29.6 Å². The number of ether oxygens (including phenoxy) is 1. The summed E-state index contributed by atoms with van der Waals surface area (Å²) >= 11 is 0. The van der Waals surface area contributed by atoms with Crippen molar-refractivity contribution in [2.24, 2.45) is 0 Å². The van der Waals surface area contributed by atoms with Gasteiger partial charge in [0.25, 0.3) is 0 Å². The number of para-hydroxylation sites is 1. The van der Waals surface area contributed by atoms with Gasteiger partial charge in [0.15, 0.2) is 5.82 Å². The van der Waals surface area contributed by atoms with Crippen LogP contribution in [0.5, 0.6) is 5.75 Å². The Bertz CT molecular complexity index is 1950. The number of carbonyl (C=O) groups excluding carboxylic acids is 1. The summed E-state index contributed by atoms with van der Waals surface area (Å²) in [5, 5.41) is 11.3. The van der Waals surface area contributed by atoms with Crippen molar-refractivity contribution in [3.8, 4) is 17.3 Å². The summed E-state index contributed by atoms with van der Waals surface area (Å²) in [5.41, 5.74) is 2.03. The maximum Gasteiger partial charge on any atom is 0.401 e. The van der Waals surface area contributed by atoms with Gasteiger partial charge in [-0.05, 0) is 50.9 Å². The van der Waals surface area contributed by atoms with E-state index < -0.39 is 24.4 Å². The molecule has 0 saturated carbocycles. The molecule has 256 valence electrons. The summed E-state index contributed by atoms with van der Waals surface area (Å²) in [6, 6.07) is 12.8. The van der Waals surface area contributed by atoms with Gasteiger partial charge in [-0.2, -0.15) is 18.3 Å². The van der Waals surface area contributed by atoms with Gasteiger partial charge in [-0.1, -0.05) is 18.2 Å². The van der Waals surface area contributed by atoms with Crippen molar-refractivity contribution in [3.05, 3.63) is 83.7 Å². The van der Waals surface area contributed by atoms with E-state index in [2.05, 4.69) is 20.6 Å². The highest BCUT2D eigenvalue weighted by atomic mass is 19.4. The Morgan fingerprint density at radius 1 is 1.04 bits per heavy atom. The molecule has 15 heteroatoms. The lowest BCUT2D eigenvalue weighted by atomic mass is 9.90. The van der Waals surface area contributed by atoms with E-state index in [0.29, 0.717) is 52.3 Å². The van der Waals surface area contributed by atoms with E-state index in [0.717, 1.165) is 12.1 Å². The molecule has 0 aliphatic carbocycles. The lowest BCUT2D eigenvalue weighted by Gasteiger charge is -2.33. The van der Waals surface area contributed by atoms with E-state index in [-0.39, 0.29) is 55.2 Å². The molecule has 1 aliphatic rings. The normalized spacial score (nSPS) is 14.3. The van der Waals surface area contributed by atoms with Gasteiger partial charge in [-0.25, -0.2) is 23.7 Å². The second-order valence-corrected chi connectivity index (χ2v) is 11.7. The predicted octanol–water partition coefficient (Wildman–Crippen LogP) is 7.06. The Morgan fingerprint density at radius 3 is 2.47 bits per heavy atom. The molecule has 1 saturated heterocycles. The number of piperidine rings is 1. The zero-order valence-electron chi connectivity index (χ0n) is 26.7. The highest BCUT2D eigenvalue weighted by Crippen LogP contribution is 2.36. The van der Waals surface area contributed by atoms with Crippen LogP contribution in [0.1, 0.15) is 43.7 Å². The first-order valence-corrected chi connectivity index (χ1v) is 15.7. The van der Waals surface area contributed by atoms with Gasteiger partial charge in [0, 0.05) is 59.7 Å². The molecule has 6 rings (SSSR count). The number of amides is 1. The second kappa shape index (κ2) is 14.1. The fraction of sp³-hybridized carbons (Fsp3) is 0.324. The summed E-state index contributed by atoms with van der Waals surface area (Å²) in [7, 11) is 0. The van der Waals surface area contributed by atoms with Crippen LogP contribution < -0.4 is 15.4 Å². The highest BCUT2D eigenvalue weighted by molar-refractivity contribution is 5.92. The highest BCUT2D eigenvalue weighted by Gasteiger charge is 2.33. The number of halogens is 5. The van der Waals surface area contributed by atoms with E-state index in [1.165, 1.54) is 22.7 Å². The first kappa shape index (κ1) is 33.7. The molecule has 3 aromatic heterocycles. The summed E-state index contributed by atoms with van der Waals surface area (Å²) in [6.07, 6.45) is -0.215. The zero-order chi connectivity index (χ0) is 34.7. The summed E-state index contributed by atoms with van der Waals surface area (Å²) in [6.45, 7) is 2.66. The first-order chi connectivity index (χ1) is 23.5. The molecule has 0 bridgehead atoms. The standard InChI is InChI=1S/C34H33F5N8O2/c1-3-49-23-15-27(35)26(28(36)16-23)18-47-29-7-5-4-6-24(29)31(45-47)33-41-17-25(21-9-12-46(13-10-21)19-34(37,38)39)32(44-33)43-22-8-11-40-30(14-22)42-20(2)48/h4-8,11,14-17,21H,3,9-10,12-13,18-19H2,1-2H3,(H2,40,41,42,43,44,48). The smallest absolute Gasteiger partial charge is 0.401 e. The van der Waals surface area contributed by atoms with E-state index in [4.69, 9.17) is 14.8 Å². The largest absolute Gasteiger partial charge is 0.494 e. The summed E-state index contributed by atoms with van der Waals surface area (Å²) < 4.78 is 76.0. The number of alkyl halides is 3. The molecule has 2 aromatic carbocycles. The number of pyridine rings is 1. The average molecular weight is 681 g/mol. The van der Waals surface area contributed by atoms with Crippen LogP contribution in [-0.4, -0.2) is 68.0 Å². The minimum absolute atomic E-state index is 0.0881. The van der Waals surface area contributed by atoms with Crippen LogP contribution in [0.4, 0.5) is 39.3 Å². The summed E-state index contributed by atoms with van der Waals surface area (Å²) in [5.74, 6) is -0.952. The van der Waals surface area contributed by atoms with Crippen LogP contribution in [0, 0.1) is 11.6 Å². The molecule has 0 unspecified atom stereocenters. The third kappa shape index (κ3) is 7.94. The maximum atomic E-state index is 15.1. The molecule has 0 atom stereocenters. The van der Waals surface area contributed by atoms with E-state index >= 15 is 8.78 Å². The van der Waals surface area contributed by atoms with Gasteiger partial charge in [-0.3, -0.25) is 14.4 Å². The number of aromatic nitrogens is 5. The predicted molar refractivity (Wildman–Crippen MR) is 174 cm³/mol. The minimum Gasteiger partial charge on any atom is -0.494 e. The van der Waals surface area contributed by atoms with Gasteiger partial charge in [0.2, 0.25) is 5.91 Å². The van der Waals surface area contributed by atoms with Gasteiger partial charge in [0.1, 0.15) is 34.7 Å². The van der Waals surface area contributed by atoms with Gasteiger partial charge >= 0.3 is 6.18 Å². The summed E-state index contributed by atoms with van der Waals surface area (Å²) in [4.78, 5) is 26.7. The Hall–Kier alpha value is -5.18. The molecule has 1 fully saturated rings. The number of anilines is 3. The molecule has 10 nitrogen and oxygen atoms in total. The maximum absolute atomic E-state index is 15.1. The third-order valence-corrected chi connectivity index (χ3v) is 8.18. The molecule has 0 radical (unpaired) electrons. The fourth-order valence-corrected chi connectivity index (χ4v) is 6.00. The number of hydrogen-bond donors (Lipinski definition) is 2. The van der Waals surface area contributed by atoms with E-state index in [1.807, 2.05) is 6.07 Å². The van der Waals surface area contributed by atoms with Crippen LogP contribution in [0.15, 0.2) is 60.9 Å². The molecule has 1 amide bonds. The van der Waals surface area contributed by atoms with Crippen molar-refractivity contribution in [3.63, 3.8) is 0 Å². The number of hydrogen-bond acceptors (Lipinski definition) is 8. The first-order valence-electron chi connectivity index (χ1n) is 15.7. The van der Waals surface area contributed by atoms with Crippen molar-refractivity contribution in [2.75, 3.05) is 36.9 Å². The minimum atomic E-state index is -4.28.